The number of halogens is 4. The number of hydrogen-bond donors (Lipinski definition) is 0. The predicted octanol–water partition coefficient (Wildman–Crippen LogP) is 3.58. The van der Waals surface area contributed by atoms with Gasteiger partial charge in [-0.2, -0.15) is 13.2 Å². The molecule has 2 rings (SSSR count). The number of anilines is 1. The lowest BCUT2D eigenvalue weighted by Crippen LogP contribution is -2.42. The zero-order valence-corrected chi connectivity index (χ0v) is 12.7. The van der Waals surface area contributed by atoms with Gasteiger partial charge in [0.25, 0.3) is 9.84 Å². The van der Waals surface area contributed by atoms with Gasteiger partial charge >= 0.3 is 5.51 Å². The molecule has 1 unspecified atom stereocenters. The Bertz CT molecular complexity index is 604. The summed E-state index contributed by atoms with van der Waals surface area (Å²) in [5.74, 6) is 0.250. The summed E-state index contributed by atoms with van der Waals surface area (Å²) < 4.78 is 61.9. The minimum Gasteiger partial charge on any atom is -0.366 e. The van der Waals surface area contributed by atoms with Crippen LogP contribution in [0.4, 0.5) is 18.9 Å². The van der Waals surface area contributed by atoms with Crippen LogP contribution in [0.3, 0.4) is 0 Å². The Morgan fingerprint density at radius 3 is 2.52 bits per heavy atom. The minimum absolute atomic E-state index is 0.0835. The standard InChI is InChI=1S/C13H15ClF3NO2S/c14-9-10-5-3-4-8-18(10)11-6-1-2-7-12(11)21(19,20)13(15,16)17/h1-2,6-7,10H,3-5,8-9H2. The lowest BCUT2D eigenvalue weighted by atomic mass is 10.0. The molecule has 0 radical (unpaired) electrons. The summed E-state index contributed by atoms with van der Waals surface area (Å²) >= 11 is 5.87. The third-order valence-electron chi connectivity index (χ3n) is 3.57. The molecule has 1 aliphatic rings. The Kier molecular flexibility index (Phi) is 4.72. The van der Waals surface area contributed by atoms with Crippen molar-refractivity contribution in [2.45, 2.75) is 35.7 Å². The number of para-hydroxylation sites is 1. The highest BCUT2D eigenvalue weighted by atomic mass is 35.5. The second kappa shape index (κ2) is 6.04. The molecule has 1 atom stereocenters. The van der Waals surface area contributed by atoms with E-state index in [1.165, 1.54) is 18.2 Å². The van der Waals surface area contributed by atoms with Crippen LogP contribution in [0.5, 0.6) is 0 Å². The normalized spacial score (nSPS) is 20.6. The van der Waals surface area contributed by atoms with Gasteiger partial charge in [-0.05, 0) is 31.4 Å². The molecule has 1 heterocycles. The molecule has 0 bridgehead atoms. The van der Waals surface area contributed by atoms with E-state index in [1.807, 2.05) is 0 Å². The van der Waals surface area contributed by atoms with Gasteiger partial charge in [0.05, 0.1) is 10.6 Å². The number of benzene rings is 1. The van der Waals surface area contributed by atoms with Crippen molar-refractivity contribution in [2.24, 2.45) is 0 Å². The van der Waals surface area contributed by atoms with Gasteiger partial charge in [-0.25, -0.2) is 8.42 Å². The fourth-order valence-electron chi connectivity index (χ4n) is 2.52. The van der Waals surface area contributed by atoms with Crippen LogP contribution < -0.4 is 4.90 Å². The summed E-state index contributed by atoms with van der Waals surface area (Å²) in [6.45, 7) is 0.502. The fraction of sp³-hybridized carbons (Fsp3) is 0.538. The lowest BCUT2D eigenvalue weighted by molar-refractivity contribution is -0.0435. The number of hydrogen-bond acceptors (Lipinski definition) is 3. The molecule has 1 aromatic carbocycles. The smallest absolute Gasteiger partial charge is 0.366 e. The molecule has 0 aliphatic carbocycles. The third-order valence-corrected chi connectivity index (χ3v) is 5.46. The van der Waals surface area contributed by atoms with Gasteiger partial charge in [0, 0.05) is 18.5 Å². The molecule has 0 saturated carbocycles. The zero-order valence-electron chi connectivity index (χ0n) is 11.1. The molecule has 1 aliphatic heterocycles. The Labute approximate surface area is 126 Å². The van der Waals surface area contributed by atoms with Crippen molar-refractivity contribution in [3.8, 4) is 0 Å². The van der Waals surface area contributed by atoms with Crippen LogP contribution in [0.25, 0.3) is 0 Å². The summed E-state index contributed by atoms with van der Waals surface area (Å²) in [6.07, 6.45) is 2.47. The molecule has 8 heteroatoms. The molecule has 0 N–H and O–H groups in total. The molecule has 3 nitrogen and oxygen atoms in total. The number of rotatable bonds is 3. The largest absolute Gasteiger partial charge is 0.501 e. The molecule has 1 fully saturated rings. The number of sulfone groups is 1. The highest BCUT2D eigenvalue weighted by Gasteiger charge is 2.48. The maximum absolute atomic E-state index is 12.8. The van der Waals surface area contributed by atoms with Gasteiger partial charge in [-0.15, -0.1) is 11.6 Å². The van der Waals surface area contributed by atoms with Crippen LogP contribution in [-0.4, -0.2) is 32.4 Å². The highest BCUT2D eigenvalue weighted by Crippen LogP contribution is 2.37. The number of alkyl halides is 4. The summed E-state index contributed by atoms with van der Waals surface area (Å²) in [5, 5.41) is 0. The van der Waals surface area contributed by atoms with Crippen molar-refractivity contribution < 1.29 is 21.6 Å². The first kappa shape index (κ1) is 16.4. The van der Waals surface area contributed by atoms with Crippen molar-refractivity contribution in [1.82, 2.24) is 0 Å². The van der Waals surface area contributed by atoms with Crippen molar-refractivity contribution >= 4 is 27.1 Å². The Hall–Kier alpha value is -0.950. The van der Waals surface area contributed by atoms with Crippen LogP contribution in [0.15, 0.2) is 29.2 Å². The molecular formula is C13H15ClF3NO2S. The average Bonchev–Trinajstić information content (AvgIpc) is 2.46. The molecule has 0 aromatic heterocycles. The molecule has 21 heavy (non-hydrogen) atoms. The maximum Gasteiger partial charge on any atom is 0.501 e. The first-order valence-corrected chi connectivity index (χ1v) is 8.54. The van der Waals surface area contributed by atoms with Gasteiger partial charge in [0.2, 0.25) is 0 Å². The van der Waals surface area contributed by atoms with Crippen molar-refractivity contribution in [3.63, 3.8) is 0 Å². The topological polar surface area (TPSA) is 37.4 Å². The van der Waals surface area contributed by atoms with Crippen LogP contribution >= 0.6 is 11.6 Å². The average molecular weight is 342 g/mol. The van der Waals surface area contributed by atoms with Crippen LogP contribution in [0.1, 0.15) is 19.3 Å². The van der Waals surface area contributed by atoms with Gasteiger partial charge in [0.15, 0.2) is 0 Å². The Balaban J connectivity index is 2.51. The van der Waals surface area contributed by atoms with E-state index >= 15 is 0 Å². The summed E-state index contributed by atoms with van der Waals surface area (Å²) in [5.41, 5.74) is -5.23. The van der Waals surface area contributed by atoms with Crippen molar-refractivity contribution in [2.75, 3.05) is 17.3 Å². The first-order valence-electron chi connectivity index (χ1n) is 6.52. The van der Waals surface area contributed by atoms with Crippen molar-refractivity contribution in [1.29, 1.82) is 0 Å². The Morgan fingerprint density at radius 2 is 1.90 bits per heavy atom. The van der Waals surface area contributed by atoms with Gasteiger partial charge < -0.3 is 4.90 Å². The number of piperidine rings is 1. The van der Waals surface area contributed by atoms with E-state index < -0.39 is 20.2 Å². The van der Waals surface area contributed by atoms with E-state index in [2.05, 4.69) is 0 Å². The van der Waals surface area contributed by atoms with E-state index in [4.69, 9.17) is 11.6 Å². The lowest BCUT2D eigenvalue weighted by Gasteiger charge is -2.37. The molecule has 118 valence electrons. The monoisotopic (exact) mass is 341 g/mol. The molecule has 0 amide bonds. The molecule has 0 spiro atoms. The van der Waals surface area contributed by atoms with E-state index in [0.29, 0.717) is 6.54 Å². The minimum atomic E-state index is -5.37. The fourth-order valence-corrected chi connectivity index (χ4v) is 3.81. The molecule has 1 aromatic rings. The van der Waals surface area contributed by atoms with E-state index in [-0.39, 0.29) is 17.6 Å². The van der Waals surface area contributed by atoms with E-state index in [1.54, 1.807) is 4.90 Å². The Morgan fingerprint density at radius 1 is 1.24 bits per heavy atom. The van der Waals surface area contributed by atoms with Gasteiger partial charge in [-0.1, -0.05) is 12.1 Å². The van der Waals surface area contributed by atoms with Crippen LogP contribution in [-0.2, 0) is 9.84 Å². The van der Waals surface area contributed by atoms with Gasteiger partial charge in [-0.3, -0.25) is 0 Å². The van der Waals surface area contributed by atoms with Crippen LogP contribution in [0.2, 0.25) is 0 Å². The van der Waals surface area contributed by atoms with E-state index in [9.17, 15) is 21.6 Å². The zero-order chi connectivity index (χ0) is 15.7. The maximum atomic E-state index is 12.8. The molecule has 1 saturated heterocycles. The first-order chi connectivity index (χ1) is 9.79. The second-order valence-electron chi connectivity index (χ2n) is 4.91. The SMILES string of the molecule is O=S(=O)(c1ccccc1N1CCCCC1CCl)C(F)(F)F. The summed E-state index contributed by atoms with van der Waals surface area (Å²) in [4.78, 5) is 0.976. The third kappa shape index (κ3) is 3.13. The summed E-state index contributed by atoms with van der Waals surface area (Å²) in [7, 11) is -5.37. The molecular weight excluding hydrogens is 327 g/mol. The highest BCUT2D eigenvalue weighted by molar-refractivity contribution is 7.92. The van der Waals surface area contributed by atoms with Gasteiger partial charge in [0.1, 0.15) is 0 Å². The number of nitrogens with zero attached hydrogens (tertiary/aromatic N) is 1. The quantitative estimate of drug-likeness (QED) is 0.789. The van der Waals surface area contributed by atoms with Crippen molar-refractivity contribution in [3.05, 3.63) is 24.3 Å². The van der Waals surface area contributed by atoms with E-state index in [0.717, 1.165) is 25.3 Å². The van der Waals surface area contributed by atoms with Crippen LogP contribution in [0, 0.1) is 0 Å². The summed E-state index contributed by atoms with van der Waals surface area (Å²) in [6, 6.07) is 5.08. The second-order valence-corrected chi connectivity index (χ2v) is 7.13. The predicted molar refractivity (Wildman–Crippen MR) is 75.4 cm³/mol.